The van der Waals surface area contributed by atoms with E-state index in [-0.39, 0.29) is 12.1 Å². The maximum absolute atomic E-state index is 14.4. The first-order valence-corrected chi connectivity index (χ1v) is 11.7. The minimum absolute atomic E-state index is 0.00581. The van der Waals surface area contributed by atoms with Crippen LogP contribution in [0, 0.1) is 12.7 Å². The van der Waals surface area contributed by atoms with Gasteiger partial charge in [-0.25, -0.2) is 9.18 Å². The summed E-state index contributed by atoms with van der Waals surface area (Å²) in [5.41, 5.74) is 0.827. The molecular weight excluding hydrogens is 477 g/mol. The fourth-order valence-electron chi connectivity index (χ4n) is 3.40. The zero-order chi connectivity index (χ0) is 24.2. The van der Waals surface area contributed by atoms with Gasteiger partial charge in [-0.3, -0.25) is 9.36 Å². The maximum Gasteiger partial charge on any atom is 0.319 e. The van der Waals surface area contributed by atoms with Crippen LogP contribution in [-0.4, -0.2) is 26.6 Å². The van der Waals surface area contributed by atoms with Crippen molar-refractivity contribution in [1.29, 1.82) is 0 Å². The van der Waals surface area contributed by atoms with Crippen molar-refractivity contribution in [2.45, 2.75) is 26.8 Å². The lowest BCUT2D eigenvalue weighted by atomic mass is 10.0. The number of aromatic nitrogens is 3. The molecule has 34 heavy (non-hydrogen) atoms. The van der Waals surface area contributed by atoms with Crippen LogP contribution in [0.25, 0.3) is 5.00 Å². The molecule has 0 bridgehead atoms. The second-order valence-corrected chi connectivity index (χ2v) is 8.90. The van der Waals surface area contributed by atoms with Crippen LogP contribution in [0.3, 0.4) is 0 Å². The third-order valence-corrected chi connectivity index (χ3v) is 6.69. The lowest BCUT2D eigenvalue weighted by Gasteiger charge is -2.11. The van der Waals surface area contributed by atoms with Crippen molar-refractivity contribution in [2.24, 2.45) is 0 Å². The zero-order valence-corrected chi connectivity index (χ0v) is 20.0. The van der Waals surface area contributed by atoms with Crippen LogP contribution < -0.4 is 10.6 Å². The molecule has 0 aliphatic heterocycles. The molecular formula is C24H21ClFN5O2S. The number of nitrogens with one attached hydrogen (secondary N) is 2. The third-order valence-electron chi connectivity index (χ3n) is 5.10. The van der Waals surface area contributed by atoms with Gasteiger partial charge in [-0.2, -0.15) is 0 Å². The van der Waals surface area contributed by atoms with E-state index in [0.717, 1.165) is 4.88 Å². The van der Waals surface area contributed by atoms with Gasteiger partial charge in [-0.05, 0) is 43.7 Å². The summed E-state index contributed by atoms with van der Waals surface area (Å²) in [6, 6.07) is 14.1. The Kier molecular flexibility index (Phi) is 7.04. The number of carbonyl (C=O) groups excluding carboxylic acids is 2. The second-order valence-electron chi connectivity index (χ2n) is 7.38. The van der Waals surface area contributed by atoms with E-state index in [1.165, 1.54) is 23.5 Å². The number of hydrogen-bond acceptors (Lipinski definition) is 5. The number of urea groups is 1. The van der Waals surface area contributed by atoms with E-state index in [4.69, 9.17) is 11.6 Å². The zero-order valence-electron chi connectivity index (χ0n) is 18.4. The molecule has 174 valence electrons. The maximum atomic E-state index is 14.4. The number of aryl methyl sites for hydroxylation is 2. The Morgan fingerprint density at radius 2 is 1.82 bits per heavy atom. The molecule has 0 unspecified atom stereocenters. The van der Waals surface area contributed by atoms with Gasteiger partial charge in [0.2, 0.25) is 0 Å². The van der Waals surface area contributed by atoms with Gasteiger partial charge in [-0.1, -0.05) is 42.8 Å². The van der Waals surface area contributed by atoms with Crippen LogP contribution in [0.5, 0.6) is 0 Å². The molecule has 0 saturated heterocycles. The third kappa shape index (κ3) is 4.85. The summed E-state index contributed by atoms with van der Waals surface area (Å²) in [6.45, 7) is 3.78. The Bertz CT molecular complexity index is 1370. The molecule has 2 amide bonds. The fourth-order valence-corrected chi connectivity index (χ4v) is 4.74. The Labute approximate surface area is 204 Å². The van der Waals surface area contributed by atoms with Crippen LogP contribution >= 0.6 is 22.9 Å². The van der Waals surface area contributed by atoms with Gasteiger partial charge < -0.3 is 10.6 Å². The average Bonchev–Trinajstić information content (AvgIpc) is 3.42. The number of carbonyl (C=O) groups is 2. The SMILES string of the molecule is CCc1cc(C(=O)c2ccccc2F)c(-n2c(C)nnc2CNC(=O)Nc2ccccc2Cl)s1. The molecule has 0 atom stereocenters. The number of ketones is 1. The number of anilines is 1. The molecule has 0 radical (unpaired) electrons. The van der Waals surface area contributed by atoms with E-state index in [2.05, 4.69) is 20.8 Å². The highest BCUT2D eigenvalue weighted by atomic mass is 35.5. The first-order valence-electron chi connectivity index (χ1n) is 10.5. The van der Waals surface area contributed by atoms with Crippen molar-refractivity contribution in [3.63, 3.8) is 0 Å². The molecule has 0 spiro atoms. The molecule has 0 aliphatic rings. The van der Waals surface area contributed by atoms with E-state index < -0.39 is 17.6 Å². The van der Waals surface area contributed by atoms with Crippen molar-refractivity contribution >= 4 is 40.4 Å². The number of rotatable bonds is 7. The monoisotopic (exact) mass is 497 g/mol. The van der Waals surface area contributed by atoms with Gasteiger partial charge in [0.05, 0.1) is 28.4 Å². The Balaban J connectivity index is 1.62. The van der Waals surface area contributed by atoms with Crippen LogP contribution in [0.4, 0.5) is 14.9 Å². The van der Waals surface area contributed by atoms with Gasteiger partial charge in [0, 0.05) is 4.88 Å². The van der Waals surface area contributed by atoms with Crippen molar-refractivity contribution in [3.05, 3.63) is 93.1 Å². The second kappa shape index (κ2) is 10.1. The number of nitrogens with zero attached hydrogens (tertiary/aromatic N) is 3. The molecule has 2 aromatic heterocycles. The molecule has 4 rings (SSSR count). The van der Waals surface area contributed by atoms with Crippen molar-refractivity contribution in [1.82, 2.24) is 20.1 Å². The molecule has 0 saturated carbocycles. The van der Waals surface area contributed by atoms with Gasteiger partial charge in [0.15, 0.2) is 11.6 Å². The molecule has 0 aliphatic carbocycles. The Morgan fingerprint density at radius 1 is 1.09 bits per heavy atom. The lowest BCUT2D eigenvalue weighted by molar-refractivity contribution is 0.103. The summed E-state index contributed by atoms with van der Waals surface area (Å²) in [4.78, 5) is 26.6. The highest BCUT2D eigenvalue weighted by Gasteiger charge is 2.24. The molecule has 2 aromatic carbocycles. The van der Waals surface area contributed by atoms with Crippen LogP contribution in [0.15, 0.2) is 54.6 Å². The topological polar surface area (TPSA) is 88.9 Å². The first kappa shape index (κ1) is 23.6. The number of thiophene rings is 1. The summed E-state index contributed by atoms with van der Waals surface area (Å²) in [7, 11) is 0. The molecule has 2 N–H and O–H groups in total. The summed E-state index contributed by atoms with van der Waals surface area (Å²) in [5.74, 6) is -0.0388. The number of hydrogen-bond donors (Lipinski definition) is 2. The van der Waals surface area contributed by atoms with Gasteiger partial charge in [-0.15, -0.1) is 21.5 Å². The Hall–Kier alpha value is -3.56. The summed E-state index contributed by atoms with van der Waals surface area (Å²) in [6.07, 6.45) is 0.706. The van der Waals surface area contributed by atoms with Gasteiger partial charge >= 0.3 is 6.03 Å². The highest BCUT2D eigenvalue weighted by molar-refractivity contribution is 7.15. The van der Waals surface area contributed by atoms with E-state index in [1.54, 1.807) is 54.0 Å². The largest absolute Gasteiger partial charge is 0.331 e. The normalized spacial score (nSPS) is 10.8. The van der Waals surface area contributed by atoms with Crippen molar-refractivity contribution < 1.29 is 14.0 Å². The Morgan fingerprint density at radius 3 is 2.56 bits per heavy atom. The van der Waals surface area contributed by atoms with Gasteiger partial charge in [0.25, 0.3) is 0 Å². The molecule has 2 heterocycles. The first-order chi connectivity index (χ1) is 16.4. The van der Waals surface area contributed by atoms with E-state index in [9.17, 15) is 14.0 Å². The molecule has 7 nitrogen and oxygen atoms in total. The van der Waals surface area contributed by atoms with Crippen LogP contribution in [0.2, 0.25) is 5.02 Å². The number of para-hydroxylation sites is 1. The van der Waals surface area contributed by atoms with E-state index >= 15 is 0 Å². The van der Waals surface area contributed by atoms with Gasteiger partial charge in [0.1, 0.15) is 16.6 Å². The quantitative estimate of drug-likeness (QED) is 0.328. The van der Waals surface area contributed by atoms with Crippen LogP contribution in [0.1, 0.15) is 39.4 Å². The minimum atomic E-state index is -0.582. The molecule has 10 heteroatoms. The lowest BCUT2D eigenvalue weighted by Crippen LogP contribution is -2.29. The molecule has 0 fully saturated rings. The predicted molar refractivity (Wildman–Crippen MR) is 130 cm³/mol. The smallest absolute Gasteiger partial charge is 0.319 e. The van der Waals surface area contributed by atoms with E-state index in [1.807, 2.05) is 6.92 Å². The minimum Gasteiger partial charge on any atom is -0.331 e. The molecule has 4 aromatic rings. The summed E-state index contributed by atoms with van der Waals surface area (Å²) >= 11 is 7.50. The average molecular weight is 498 g/mol. The standard InChI is InChI=1S/C24H21ClFN5O2S/c1-3-15-12-17(22(32)16-8-4-6-10-19(16)26)23(34-15)31-14(2)29-30-21(31)13-27-24(33)28-20-11-7-5-9-18(20)25/h4-12H,3,13H2,1-2H3,(H2,27,28,33). The van der Waals surface area contributed by atoms with Crippen molar-refractivity contribution in [3.8, 4) is 5.00 Å². The predicted octanol–water partition coefficient (Wildman–Crippen LogP) is 5.54. The fraction of sp³-hybridized carbons (Fsp3) is 0.167. The number of halogens is 2. The van der Waals surface area contributed by atoms with Crippen LogP contribution in [-0.2, 0) is 13.0 Å². The number of amides is 2. The highest BCUT2D eigenvalue weighted by Crippen LogP contribution is 2.31. The van der Waals surface area contributed by atoms with E-state index in [0.29, 0.717) is 39.3 Å². The summed E-state index contributed by atoms with van der Waals surface area (Å²) in [5, 5.41) is 14.7. The summed E-state index contributed by atoms with van der Waals surface area (Å²) < 4.78 is 16.1. The number of benzene rings is 2. The van der Waals surface area contributed by atoms with Crippen molar-refractivity contribution in [2.75, 3.05) is 5.32 Å².